The Labute approximate surface area is 120 Å². The summed E-state index contributed by atoms with van der Waals surface area (Å²) in [6, 6.07) is 4.62. The third-order valence-electron chi connectivity index (χ3n) is 2.84. The minimum absolute atomic E-state index is 0.00815. The minimum atomic E-state index is -0.821. The van der Waals surface area contributed by atoms with E-state index in [0.717, 1.165) is 23.8 Å². The molecule has 0 saturated heterocycles. The summed E-state index contributed by atoms with van der Waals surface area (Å²) in [4.78, 5) is 4.91. The second-order valence-electron chi connectivity index (χ2n) is 4.29. The molecule has 2 aromatic heterocycles. The van der Waals surface area contributed by atoms with Crippen molar-refractivity contribution < 1.29 is 8.78 Å². The first kappa shape index (κ1) is 14.7. The number of anilines is 2. The van der Waals surface area contributed by atoms with Crippen LogP contribution in [-0.4, -0.2) is 4.98 Å². The van der Waals surface area contributed by atoms with Gasteiger partial charge < -0.3 is 10.7 Å². The summed E-state index contributed by atoms with van der Waals surface area (Å²) >= 11 is 1.58. The summed E-state index contributed by atoms with van der Waals surface area (Å²) < 4.78 is 27.1. The zero-order chi connectivity index (χ0) is 14.5. The van der Waals surface area contributed by atoms with Crippen molar-refractivity contribution in [1.29, 1.82) is 0 Å². The fourth-order valence-corrected chi connectivity index (χ4v) is 2.71. The number of pyridine rings is 1. The molecule has 4 nitrogen and oxygen atoms in total. The molecular weight excluding hydrogens is 282 g/mol. The Balaban J connectivity index is 2.26. The normalized spacial score (nSPS) is 12.2. The second-order valence-corrected chi connectivity index (χ2v) is 5.27. The van der Waals surface area contributed by atoms with E-state index in [2.05, 4.69) is 15.7 Å². The molecule has 108 valence electrons. The Morgan fingerprint density at radius 3 is 2.70 bits per heavy atom. The van der Waals surface area contributed by atoms with Crippen LogP contribution in [0.2, 0.25) is 0 Å². The molecule has 0 aromatic carbocycles. The van der Waals surface area contributed by atoms with Crippen molar-refractivity contribution in [2.45, 2.75) is 25.8 Å². The molecule has 0 radical (unpaired) electrons. The molecule has 0 aliphatic heterocycles. The second kappa shape index (κ2) is 6.62. The molecule has 0 saturated carbocycles. The third-order valence-corrected chi connectivity index (χ3v) is 3.83. The van der Waals surface area contributed by atoms with Crippen molar-refractivity contribution in [3.05, 3.63) is 40.1 Å². The summed E-state index contributed by atoms with van der Waals surface area (Å²) in [5, 5.41) is 4.97. The first-order valence-corrected chi connectivity index (χ1v) is 7.16. The lowest BCUT2D eigenvalue weighted by Gasteiger charge is -2.18. The number of nitrogens with zero attached hydrogens (tertiary/aromatic N) is 1. The van der Waals surface area contributed by atoms with Crippen molar-refractivity contribution in [2.75, 3.05) is 10.7 Å². The average Bonchev–Trinajstić information content (AvgIpc) is 2.95. The van der Waals surface area contributed by atoms with Gasteiger partial charge in [0.1, 0.15) is 0 Å². The van der Waals surface area contributed by atoms with Crippen LogP contribution in [0.3, 0.4) is 0 Å². The highest BCUT2D eigenvalue weighted by Crippen LogP contribution is 2.28. The summed E-state index contributed by atoms with van der Waals surface area (Å²) in [6.07, 6.45) is 1.75. The van der Waals surface area contributed by atoms with Crippen LogP contribution in [0.4, 0.5) is 20.4 Å². The van der Waals surface area contributed by atoms with Gasteiger partial charge in [0.05, 0.1) is 6.04 Å². The number of hydrazine groups is 1. The maximum absolute atomic E-state index is 13.8. The number of nitrogens with one attached hydrogen (secondary N) is 2. The first-order valence-electron chi connectivity index (χ1n) is 6.28. The fourth-order valence-electron chi connectivity index (χ4n) is 1.90. The van der Waals surface area contributed by atoms with E-state index >= 15 is 0 Å². The number of nitrogens with two attached hydrogens (primary N) is 1. The highest BCUT2D eigenvalue weighted by molar-refractivity contribution is 7.10. The standard InChI is InChI=1S/C13H16F2N4S/c1-2-4-10(11-5-3-6-20-11)17-12-8(14)7-9(15)13(18-12)19-16/h3,5-7,10H,2,4,16H2,1H3,(H2,17,18,19). The van der Waals surface area contributed by atoms with Crippen LogP contribution in [0.25, 0.3) is 0 Å². The number of nitrogen functional groups attached to an aromatic ring is 1. The lowest BCUT2D eigenvalue weighted by Crippen LogP contribution is -2.15. The van der Waals surface area contributed by atoms with Crippen LogP contribution in [0.1, 0.15) is 30.7 Å². The predicted octanol–water partition coefficient (Wildman–Crippen LogP) is 3.66. The van der Waals surface area contributed by atoms with Gasteiger partial charge in [0.25, 0.3) is 0 Å². The third kappa shape index (κ3) is 3.23. The lowest BCUT2D eigenvalue weighted by molar-refractivity contribution is 0.573. The molecule has 0 aliphatic rings. The van der Waals surface area contributed by atoms with Gasteiger partial charge in [-0.3, -0.25) is 0 Å². The van der Waals surface area contributed by atoms with Crippen LogP contribution in [-0.2, 0) is 0 Å². The summed E-state index contributed by atoms with van der Waals surface area (Å²) in [5.41, 5.74) is 2.11. The molecule has 2 aromatic rings. The molecule has 0 fully saturated rings. The highest BCUT2D eigenvalue weighted by atomic mass is 32.1. The maximum Gasteiger partial charge on any atom is 0.178 e. The Bertz CT molecular complexity index is 560. The van der Waals surface area contributed by atoms with Crippen molar-refractivity contribution in [3.63, 3.8) is 0 Å². The number of hydrogen-bond donors (Lipinski definition) is 3. The molecule has 1 atom stereocenters. The van der Waals surface area contributed by atoms with E-state index in [9.17, 15) is 8.78 Å². The van der Waals surface area contributed by atoms with Gasteiger partial charge in [-0.25, -0.2) is 19.6 Å². The van der Waals surface area contributed by atoms with Gasteiger partial charge in [-0.2, -0.15) is 0 Å². The molecule has 0 spiro atoms. The van der Waals surface area contributed by atoms with Crippen molar-refractivity contribution in [1.82, 2.24) is 4.98 Å². The molecule has 7 heteroatoms. The molecule has 0 aliphatic carbocycles. The Morgan fingerprint density at radius 2 is 2.10 bits per heavy atom. The van der Waals surface area contributed by atoms with Crippen molar-refractivity contribution in [2.24, 2.45) is 5.84 Å². The first-order chi connectivity index (χ1) is 9.65. The Morgan fingerprint density at radius 1 is 1.35 bits per heavy atom. The molecule has 2 rings (SSSR count). The van der Waals surface area contributed by atoms with Crippen LogP contribution in [0.5, 0.6) is 0 Å². The lowest BCUT2D eigenvalue weighted by atomic mass is 10.1. The average molecular weight is 298 g/mol. The minimum Gasteiger partial charge on any atom is -0.360 e. The van der Waals surface area contributed by atoms with E-state index < -0.39 is 11.6 Å². The fraction of sp³-hybridized carbons (Fsp3) is 0.308. The van der Waals surface area contributed by atoms with Gasteiger partial charge in [0.2, 0.25) is 0 Å². The molecule has 4 N–H and O–H groups in total. The highest BCUT2D eigenvalue weighted by Gasteiger charge is 2.17. The molecular formula is C13H16F2N4S. The van der Waals surface area contributed by atoms with E-state index in [1.807, 2.05) is 24.4 Å². The summed E-state index contributed by atoms with van der Waals surface area (Å²) in [7, 11) is 0. The molecule has 2 heterocycles. The number of aromatic nitrogens is 1. The van der Waals surface area contributed by atoms with Gasteiger partial charge in [-0.1, -0.05) is 19.4 Å². The van der Waals surface area contributed by atoms with Crippen LogP contribution < -0.4 is 16.6 Å². The Hall–Kier alpha value is -1.73. The van der Waals surface area contributed by atoms with Crippen molar-refractivity contribution >= 4 is 23.0 Å². The van der Waals surface area contributed by atoms with E-state index in [4.69, 9.17) is 5.84 Å². The van der Waals surface area contributed by atoms with Gasteiger partial charge in [-0.05, 0) is 17.9 Å². The van der Waals surface area contributed by atoms with Crippen LogP contribution in [0, 0.1) is 11.6 Å². The maximum atomic E-state index is 13.8. The quantitative estimate of drug-likeness (QED) is 0.562. The zero-order valence-corrected chi connectivity index (χ0v) is 11.8. The van der Waals surface area contributed by atoms with Gasteiger partial charge in [-0.15, -0.1) is 11.3 Å². The Kier molecular flexibility index (Phi) is 4.86. The van der Waals surface area contributed by atoms with E-state index in [0.29, 0.717) is 0 Å². The largest absolute Gasteiger partial charge is 0.360 e. The smallest absolute Gasteiger partial charge is 0.178 e. The molecule has 20 heavy (non-hydrogen) atoms. The zero-order valence-electron chi connectivity index (χ0n) is 11.0. The number of rotatable bonds is 6. The predicted molar refractivity (Wildman–Crippen MR) is 77.6 cm³/mol. The summed E-state index contributed by atoms with van der Waals surface area (Å²) in [6.45, 7) is 2.05. The molecule has 0 bridgehead atoms. The topological polar surface area (TPSA) is 63.0 Å². The summed E-state index contributed by atoms with van der Waals surface area (Å²) in [5.74, 6) is 3.40. The molecule has 1 unspecified atom stereocenters. The van der Waals surface area contributed by atoms with Crippen LogP contribution in [0.15, 0.2) is 23.6 Å². The van der Waals surface area contributed by atoms with Gasteiger partial charge >= 0.3 is 0 Å². The molecule has 0 amide bonds. The van der Waals surface area contributed by atoms with Gasteiger partial charge in [0.15, 0.2) is 23.3 Å². The van der Waals surface area contributed by atoms with E-state index in [1.54, 1.807) is 11.3 Å². The number of thiophene rings is 1. The number of halogens is 2. The van der Waals surface area contributed by atoms with E-state index in [1.165, 1.54) is 0 Å². The van der Waals surface area contributed by atoms with Gasteiger partial charge in [0, 0.05) is 10.9 Å². The van der Waals surface area contributed by atoms with E-state index in [-0.39, 0.29) is 17.7 Å². The number of hydrogen-bond acceptors (Lipinski definition) is 5. The SMILES string of the molecule is CCCC(Nc1nc(NN)c(F)cc1F)c1cccs1. The van der Waals surface area contributed by atoms with Crippen molar-refractivity contribution in [3.8, 4) is 0 Å². The monoisotopic (exact) mass is 298 g/mol. The van der Waals surface area contributed by atoms with Crippen LogP contribution >= 0.6 is 11.3 Å².